The number of aliphatic hydroxyl groups excluding tert-OH is 1. The van der Waals surface area contributed by atoms with Crippen molar-refractivity contribution in [2.75, 3.05) is 0 Å². The second-order valence-corrected chi connectivity index (χ2v) is 4.55. The van der Waals surface area contributed by atoms with Gasteiger partial charge in [0, 0.05) is 11.8 Å². The molecule has 0 unspecified atom stereocenters. The van der Waals surface area contributed by atoms with Crippen molar-refractivity contribution in [2.45, 2.75) is 38.7 Å². The minimum Gasteiger partial charge on any atom is -0.478 e. The molecule has 1 fully saturated rings. The molecule has 0 aromatic rings. The van der Waals surface area contributed by atoms with Gasteiger partial charge in [-0.15, -0.1) is 0 Å². The van der Waals surface area contributed by atoms with Crippen LogP contribution in [0.1, 0.15) is 32.6 Å². The third-order valence-electron chi connectivity index (χ3n) is 3.76. The highest BCUT2D eigenvalue weighted by Crippen LogP contribution is 2.50. The number of aliphatic carboxylic acids is 1. The highest BCUT2D eigenvalue weighted by atomic mass is 16.4. The van der Waals surface area contributed by atoms with Gasteiger partial charge in [0.25, 0.3) is 0 Å². The number of carbonyl (C=O) groups excluding carboxylic acids is 1. The second kappa shape index (κ2) is 3.17. The number of carbonyl (C=O) groups is 2. The average Bonchev–Trinajstić information content (AvgIpc) is 2.44. The predicted octanol–water partition coefficient (Wildman–Crippen LogP) is 0.891. The van der Waals surface area contributed by atoms with E-state index in [1.165, 1.54) is 0 Å². The first kappa shape index (κ1) is 10.4. The van der Waals surface area contributed by atoms with E-state index >= 15 is 0 Å². The van der Waals surface area contributed by atoms with Crippen LogP contribution in [0.3, 0.4) is 0 Å². The van der Waals surface area contributed by atoms with E-state index in [4.69, 9.17) is 5.11 Å². The zero-order chi connectivity index (χ0) is 11.2. The largest absolute Gasteiger partial charge is 0.478 e. The molecular formula is C11H14O4. The van der Waals surface area contributed by atoms with Gasteiger partial charge in [-0.2, -0.15) is 0 Å². The van der Waals surface area contributed by atoms with E-state index in [-0.39, 0.29) is 17.8 Å². The summed E-state index contributed by atoms with van der Waals surface area (Å²) < 4.78 is 0. The second-order valence-electron chi connectivity index (χ2n) is 4.55. The monoisotopic (exact) mass is 210 g/mol. The third-order valence-corrected chi connectivity index (χ3v) is 3.76. The Hall–Kier alpha value is -1.16. The topological polar surface area (TPSA) is 74.6 Å². The predicted molar refractivity (Wildman–Crippen MR) is 52.3 cm³/mol. The molecule has 4 nitrogen and oxygen atoms in total. The third kappa shape index (κ3) is 1.32. The molecule has 0 bridgehead atoms. The van der Waals surface area contributed by atoms with E-state index in [1.807, 2.05) is 6.92 Å². The van der Waals surface area contributed by atoms with Crippen LogP contribution in [0.2, 0.25) is 0 Å². The van der Waals surface area contributed by atoms with Crippen molar-refractivity contribution in [3.05, 3.63) is 11.1 Å². The average molecular weight is 210 g/mol. The van der Waals surface area contributed by atoms with Crippen molar-refractivity contribution in [1.82, 2.24) is 0 Å². The smallest absolute Gasteiger partial charge is 0.339 e. The van der Waals surface area contributed by atoms with Gasteiger partial charge >= 0.3 is 5.97 Å². The summed E-state index contributed by atoms with van der Waals surface area (Å²) in [7, 11) is 0. The standard InChI is InChI=1S/C11H14O4/c1-11-5-4-7(12)9(10(14)15)6(11)2-3-8(11)13/h8,13H,2-5H2,1H3,(H,14,15)/t8-,11-/m1/s1. The lowest BCUT2D eigenvalue weighted by Gasteiger charge is -2.33. The van der Waals surface area contributed by atoms with Gasteiger partial charge < -0.3 is 10.2 Å². The number of fused-ring (bicyclic) bond motifs is 1. The highest BCUT2D eigenvalue weighted by Gasteiger charge is 2.48. The molecule has 4 heteroatoms. The summed E-state index contributed by atoms with van der Waals surface area (Å²) in [6.45, 7) is 1.86. The maximum Gasteiger partial charge on any atom is 0.339 e. The minimum absolute atomic E-state index is 0.0692. The summed E-state index contributed by atoms with van der Waals surface area (Å²) in [6, 6.07) is 0. The van der Waals surface area contributed by atoms with E-state index < -0.39 is 17.5 Å². The molecule has 0 aromatic heterocycles. The van der Waals surface area contributed by atoms with Gasteiger partial charge in [0.15, 0.2) is 5.78 Å². The zero-order valence-electron chi connectivity index (χ0n) is 8.62. The summed E-state index contributed by atoms with van der Waals surface area (Å²) in [4.78, 5) is 22.5. The number of hydrogen-bond acceptors (Lipinski definition) is 3. The van der Waals surface area contributed by atoms with E-state index in [0.717, 1.165) is 0 Å². The molecular weight excluding hydrogens is 196 g/mol. The van der Waals surface area contributed by atoms with Crippen LogP contribution in [-0.4, -0.2) is 28.1 Å². The summed E-state index contributed by atoms with van der Waals surface area (Å²) in [6.07, 6.45) is 1.40. The fourth-order valence-corrected chi connectivity index (χ4v) is 2.73. The summed E-state index contributed by atoms with van der Waals surface area (Å²) in [5.41, 5.74) is 0.0980. The number of rotatable bonds is 1. The van der Waals surface area contributed by atoms with Crippen molar-refractivity contribution in [3.8, 4) is 0 Å². The van der Waals surface area contributed by atoms with E-state index in [9.17, 15) is 14.7 Å². The Morgan fingerprint density at radius 1 is 1.47 bits per heavy atom. The lowest BCUT2D eigenvalue weighted by Crippen LogP contribution is -2.35. The Morgan fingerprint density at radius 2 is 2.13 bits per heavy atom. The first-order valence-corrected chi connectivity index (χ1v) is 5.15. The molecule has 0 aliphatic heterocycles. The molecule has 0 saturated heterocycles. The Balaban J connectivity index is 2.56. The van der Waals surface area contributed by atoms with Crippen LogP contribution in [-0.2, 0) is 9.59 Å². The highest BCUT2D eigenvalue weighted by molar-refractivity contribution is 6.18. The van der Waals surface area contributed by atoms with Gasteiger partial charge in [-0.3, -0.25) is 4.79 Å². The van der Waals surface area contributed by atoms with Gasteiger partial charge in [-0.05, 0) is 24.8 Å². The van der Waals surface area contributed by atoms with Crippen molar-refractivity contribution >= 4 is 11.8 Å². The summed E-state index contributed by atoms with van der Waals surface area (Å²) in [5, 5.41) is 18.8. The van der Waals surface area contributed by atoms with E-state index in [0.29, 0.717) is 24.8 Å². The number of hydrogen-bond donors (Lipinski definition) is 2. The molecule has 0 heterocycles. The van der Waals surface area contributed by atoms with E-state index in [2.05, 4.69) is 0 Å². The van der Waals surface area contributed by atoms with Crippen molar-refractivity contribution in [3.63, 3.8) is 0 Å². The van der Waals surface area contributed by atoms with Crippen LogP contribution in [0.5, 0.6) is 0 Å². The summed E-state index contributed by atoms with van der Waals surface area (Å²) >= 11 is 0. The minimum atomic E-state index is -1.14. The number of aliphatic hydroxyl groups is 1. The Kier molecular flexibility index (Phi) is 2.19. The van der Waals surface area contributed by atoms with Gasteiger partial charge in [0.2, 0.25) is 0 Å². The van der Waals surface area contributed by atoms with E-state index in [1.54, 1.807) is 0 Å². The SMILES string of the molecule is C[C@@]12CCC(=O)C(C(=O)O)=C1CC[C@H]2O. The first-order valence-electron chi connectivity index (χ1n) is 5.15. The molecule has 15 heavy (non-hydrogen) atoms. The lowest BCUT2D eigenvalue weighted by molar-refractivity contribution is -0.135. The Labute approximate surface area is 87.6 Å². The number of carboxylic acid groups (broad SMARTS) is 1. The molecule has 0 amide bonds. The fourth-order valence-electron chi connectivity index (χ4n) is 2.73. The van der Waals surface area contributed by atoms with Crippen molar-refractivity contribution in [2.24, 2.45) is 5.41 Å². The first-order chi connectivity index (χ1) is 6.97. The quantitative estimate of drug-likeness (QED) is 0.630. The van der Waals surface area contributed by atoms with Crippen LogP contribution in [0.25, 0.3) is 0 Å². The van der Waals surface area contributed by atoms with Crippen LogP contribution >= 0.6 is 0 Å². The van der Waals surface area contributed by atoms with Gasteiger partial charge in [0.1, 0.15) is 5.57 Å². The molecule has 2 aliphatic carbocycles. The lowest BCUT2D eigenvalue weighted by atomic mass is 9.71. The Bertz CT molecular complexity index is 369. The van der Waals surface area contributed by atoms with Gasteiger partial charge in [-0.25, -0.2) is 4.79 Å². The van der Waals surface area contributed by atoms with Gasteiger partial charge in [-0.1, -0.05) is 6.92 Å². The van der Waals surface area contributed by atoms with Crippen LogP contribution in [0.4, 0.5) is 0 Å². The maximum atomic E-state index is 11.5. The van der Waals surface area contributed by atoms with Crippen LogP contribution in [0, 0.1) is 5.41 Å². The fraction of sp³-hybridized carbons (Fsp3) is 0.636. The molecule has 82 valence electrons. The maximum absolute atomic E-state index is 11.5. The van der Waals surface area contributed by atoms with Gasteiger partial charge in [0.05, 0.1) is 6.10 Å². The molecule has 2 aliphatic rings. The van der Waals surface area contributed by atoms with Crippen molar-refractivity contribution in [1.29, 1.82) is 0 Å². The van der Waals surface area contributed by atoms with Crippen LogP contribution in [0.15, 0.2) is 11.1 Å². The molecule has 2 atom stereocenters. The Morgan fingerprint density at radius 3 is 2.73 bits per heavy atom. The van der Waals surface area contributed by atoms with Crippen LogP contribution < -0.4 is 0 Å². The molecule has 1 saturated carbocycles. The molecule has 2 N–H and O–H groups in total. The normalized spacial score (nSPS) is 35.6. The number of Topliss-reactive ketones (excluding diaryl/α,β-unsaturated/α-hetero) is 1. The summed E-state index contributed by atoms with van der Waals surface area (Å²) in [5.74, 6) is -1.43. The van der Waals surface area contributed by atoms with Crippen molar-refractivity contribution < 1.29 is 19.8 Å². The number of carboxylic acids is 1. The molecule has 0 radical (unpaired) electrons. The molecule has 2 rings (SSSR count). The number of ketones is 1. The zero-order valence-corrected chi connectivity index (χ0v) is 8.62. The molecule has 0 aromatic carbocycles. The molecule has 0 spiro atoms.